The number of nitrogens with one attached hydrogen (secondary N) is 1. The Morgan fingerprint density at radius 2 is 1.91 bits per heavy atom. The lowest BCUT2D eigenvalue weighted by Crippen LogP contribution is -2.39. The molecule has 0 radical (unpaired) electrons. The van der Waals surface area contributed by atoms with Gasteiger partial charge in [0.15, 0.2) is 11.6 Å². The van der Waals surface area contributed by atoms with Crippen LogP contribution in [0.3, 0.4) is 0 Å². The summed E-state index contributed by atoms with van der Waals surface area (Å²) in [6.07, 6.45) is 2.06. The van der Waals surface area contributed by atoms with Crippen LogP contribution < -0.4 is 10.3 Å². The molecule has 118 valence electrons. The third-order valence-electron chi connectivity index (χ3n) is 3.82. The second-order valence-electron chi connectivity index (χ2n) is 5.49. The first-order chi connectivity index (χ1) is 11.1. The van der Waals surface area contributed by atoms with Crippen molar-refractivity contribution in [2.45, 2.75) is 19.8 Å². The Hall–Kier alpha value is -2.14. The molecule has 0 aromatic heterocycles. The van der Waals surface area contributed by atoms with Gasteiger partial charge in [-0.05, 0) is 48.7 Å². The van der Waals surface area contributed by atoms with Crippen LogP contribution in [0.4, 0.5) is 11.4 Å². The summed E-state index contributed by atoms with van der Waals surface area (Å²) in [5.74, 6) is 0.395. The molecular weight excluding hydrogens is 354 g/mol. The van der Waals surface area contributed by atoms with Gasteiger partial charge in [-0.25, -0.2) is 0 Å². The van der Waals surface area contributed by atoms with Gasteiger partial charge in [0.05, 0.1) is 5.69 Å². The predicted octanol–water partition coefficient (Wildman–Crippen LogP) is 4.22. The van der Waals surface area contributed by atoms with E-state index < -0.39 is 0 Å². The third-order valence-corrected chi connectivity index (χ3v) is 4.34. The van der Waals surface area contributed by atoms with Gasteiger partial charge in [-0.2, -0.15) is 5.10 Å². The Bertz CT molecular complexity index is 740. The quantitative estimate of drug-likeness (QED) is 0.499. The van der Waals surface area contributed by atoms with E-state index in [0.717, 1.165) is 35.2 Å². The molecule has 2 aromatic rings. The summed E-state index contributed by atoms with van der Waals surface area (Å²) in [5, 5.41) is 4.37. The first kappa shape index (κ1) is 15.7. The summed E-state index contributed by atoms with van der Waals surface area (Å²) in [4.78, 5) is 14.1. The minimum Gasteiger partial charge on any atom is -0.322 e. The Labute approximate surface area is 144 Å². The van der Waals surface area contributed by atoms with Crippen LogP contribution in [0.25, 0.3) is 0 Å². The summed E-state index contributed by atoms with van der Waals surface area (Å²) in [6.45, 7) is 2.36. The number of anilines is 2. The summed E-state index contributed by atoms with van der Waals surface area (Å²) in [7, 11) is 0. The molecule has 23 heavy (non-hydrogen) atoms. The van der Waals surface area contributed by atoms with Gasteiger partial charge in [0.25, 0.3) is 0 Å². The molecule has 3 rings (SSSR count). The van der Waals surface area contributed by atoms with E-state index >= 15 is 0 Å². The molecule has 1 aliphatic heterocycles. The van der Waals surface area contributed by atoms with E-state index in [0.29, 0.717) is 5.84 Å². The second-order valence-corrected chi connectivity index (χ2v) is 6.41. The highest BCUT2D eigenvalue weighted by Gasteiger charge is 2.23. The van der Waals surface area contributed by atoms with Crippen molar-refractivity contribution in [3.8, 4) is 0 Å². The van der Waals surface area contributed by atoms with Crippen molar-refractivity contribution in [3.05, 3.63) is 58.6 Å². The average Bonchev–Trinajstić information content (AvgIpc) is 2.56. The number of rotatable bonds is 3. The van der Waals surface area contributed by atoms with Crippen LogP contribution in [0, 0.1) is 0 Å². The molecule has 0 amide bonds. The standard InChI is InChI=1S/C18H18BrN3O/c1-13(23)18(21-20-16-10-8-15(19)9-11-16)22-12-4-6-14-5-2-3-7-17(14)22/h2-3,5,7-11,20H,4,6,12H2,1H3/b21-18+. The zero-order valence-electron chi connectivity index (χ0n) is 12.9. The molecule has 1 heterocycles. The van der Waals surface area contributed by atoms with Crippen LogP contribution >= 0.6 is 15.9 Å². The fraction of sp³-hybridized carbons (Fsp3) is 0.222. The molecule has 0 fully saturated rings. The van der Waals surface area contributed by atoms with Gasteiger partial charge in [-0.15, -0.1) is 0 Å². The SMILES string of the molecule is CC(=O)/C(=N\Nc1ccc(Br)cc1)N1CCCc2ccccc21. The Morgan fingerprint density at radius 3 is 2.65 bits per heavy atom. The minimum absolute atomic E-state index is 0.0497. The van der Waals surface area contributed by atoms with Gasteiger partial charge < -0.3 is 4.90 Å². The highest BCUT2D eigenvalue weighted by molar-refractivity contribution is 9.10. The maximum absolute atomic E-state index is 12.1. The third kappa shape index (κ3) is 3.62. The number of halogens is 1. The first-order valence-electron chi connectivity index (χ1n) is 7.61. The van der Waals surface area contributed by atoms with Gasteiger partial charge in [-0.3, -0.25) is 10.2 Å². The molecule has 0 aliphatic carbocycles. The molecule has 2 aromatic carbocycles. The van der Waals surface area contributed by atoms with Crippen molar-refractivity contribution >= 4 is 38.9 Å². The number of benzene rings is 2. The number of para-hydroxylation sites is 1. The van der Waals surface area contributed by atoms with Crippen molar-refractivity contribution in [3.63, 3.8) is 0 Å². The number of Topliss-reactive ketones (excluding diaryl/α,β-unsaturated/α-hetero) is 1. The Balaban J connectivity index is 1.89. The smallest absolute Gasteiger partial charge is 0.197 e. The van der Waals surface area contributed by atoms with Gasteiger partial charge in [-0.1, -0.05) is 34.1 Å². The molecule has 5 heteroatoms. The molecule has 4 nitrogen and oxygen atoms in total. The number of hydrogen-bond donors (Lipinski definition) is 1. The van der Waals surface area contributed by atoms with Gasteiger partial charge in [0.2, 0.25) is 0 Å². The Morgan fingerprint density at radius 1 is 1.17 bits per heavy atom. The normalized spacial score (nSPS) is 14.3. The van der Waals surface area contributed by atoms with Crippen LogP contribution in [-0.2, 0) is 11.2 Å². The second kappa shape index (κ2) is 6.96. The summed E-state index contributed by atoms with van der Waals surface area (Å²) in [6, 6.07) is 15.9. The molecular formula is C18H18BrN3O. The van der Waals surface area contributed by atoms with E-state index in [2.05, 4.69) is 32.5 Å². The lowest BCUT2D eigenvalue weighted by molar-refractivity contribution is -0.111. The van der Waals surface area contributed by atoms with Gasteiger partial charge in [0.1, 0.15) is 0 Å². The zero-order chi connectivity index (χ0) is 16.2. The zero-order valence-corrected chi connectivity index (χ0v) is 14.5. The molecule has 0 unspecified atom stereocenters. The van der Waals surface area contributed by atoms with E-state index in [1.54, 1.807) is 6.92 Å². The number of fused-ring (bicyclic) bond motifs is 1. The number of aryl methyl sites for hydroxylation is 1. The van der Waals surface area contributed by atoms with Crippen molar-refractivity contribution in [2.75, 3.05) is 16.9 Å². The van der Waals surface area contributed by atoms with E-state index in [1.807, 2.05) is 47.4 Å². The van der Waals surface area contributed by atoms with E-state index in [4.69, 9.17) is 0 Å². The van der Waals surface area contributed by atoms with Gasteiger partial charge in [0, 0.05) is 23.6 Å². The van der Waals surface area contributed by atoms with Crippen molar-refractivity contribution in [1.29, 1.82) is 0 Å². The molecule has 0 saturated heterocycles. The number of ketones is 1. The minimum atomic E-state index is -0.0497. The first-order valence-corrected chi connectivity index (χ1v) is 8.40. The number of carbonyl (C=O) groups excluding carboxylic acids is 1. The fourth-order valence-electron chi connectivity index (χ4n) is 2.72. The number of hydrazone groups is 1. The van der Waals surface area contributed by atoms with E-state index in [1.165, 1.54) is 5.56 Å². The maximum atomic E-state index is 12.1. The predicted molar refractivity (Wildman–Crippen MR) is 98.0 cm³/mol. The van der Waals surface area contributed by atoms with Gasteiger partial charge >= 0.3 is 0 Å². The van der Waals surface area contributed by atoms with Crippen LogP contribution in [0.15, 0.2) is 58.1 Å². The molecule has 0 spiro atoms. The van der Waals surface area contributed by atoms with E-state index in [-0.39, 0.29) is 5.78 Å². The highest BCUT2D eigenvalue weighted by atomic mass is 79.9. The van der Waals surface area contributed by atoms with Crippen molar-refractivity contribution in [1.82, 2.24) is 0 Å². The van der Waals surface area contributed by atoms with Crippen LogP contribution in [0.2, 0.25) is 0 Å². The number of amidine groups is 1. The molecule has 0 bridgehead atoms. The van der Waals surface area contributed by atoms with Crippen molar-refractivity contribution < 1.29 is 4.79 Å². The average molecular weight is 372 g/mol. The largest absolute Gasteiger partial charge is 0.322 e. The monoisotopic (exact) mass is 371 g/mol. The molecule has 1 N–H and O–H groups in total. The number of nitrogens with zero attached hydrogens (tertiary/aromatic N) is 2. The van der Waals surface area contributed by atoms with Crippen LogP contribution in [0.1, 0.15) is 18.9 Å². The van der Waals surface area contributed by atoms with Crippen LogP contribution in [-0.4, -0.2) is 18.2 Å². The maximum Gasteiger partial charge on any atom is 0.197 e. The number of hydrogen-bond acceptors (Lipinski definition) is 3. The highest BCUT2D eigenvalue weighted by Crippen LogP contribution is 2.27. The topological polar surface area (TPSA) is 44.7 Å². The van der Waals surface area contributed by atoms with Crippen LogP contribution in [0.5, 0.6) is 0 Å². The van der Waals surface area contributed by atoms with E-state index in [9.17, 15) is 4.79 Å². The number of carbonyl (C=O) groups is 1. The molecule has 0 saturated carbocycles. The lowest BCUT2D eigenvalue weighted by atomic mass is 10.0. The molecule has 0 atom stereocenters. The fourth-order valence-corrected chi connectivity index (χ4v) is 2.99. The molecule has 1 aliphatic rings. The summed E-state index contributed by atoms with van der Waals surface area (Å²) >= 11 is 3.40. The summed E-state index contributed by atoms with van der Waals surface area (Å²) < 4.78 is 1.00. The Kier molecular flexibility index (Phi) is 4.76. The lowest BCUT2D eigenvalue weighted by Gasteiger charge is -2.30. The summed E-state index contributed by atoms with van der Waals surface area (Å²) in [5.41, 5.74) is 6.17. The van der Waals surface area contributed by atoms with Crippen molar-refractivity contribution in [2.24, 2.45) is 5.10 Å².